The quantitative estimate of drug-likeness (QED) is 0.826. The van der Waals surface area contributed by atoms with Crippen LogP contribution in [0.2, 0.25) is 5.02 Å². The Balaban J connectivity index is 2.03. The average molecular weight is 253 g/mol. The molecule has 0 saturated heterocycles. The van der Waals surface area contributed by atoms with Gasteiger partial charge in [0.2, 0.25) is 0 Å². The van der Waals surface area contributed by atoms with Gasteiger partial charge in [-0.15, -0.1) is 0 Å². The van der Waals surface area contributed by atoms with E-state index in [1.807, 2.05) is 18.2 Å². The third-order valence-electron chi connectivity index (χ3n) is 3.70. The van der Waals surface area contributed by atoms with Crippen molar-refractivity contribution in [3.8, 4) is 0 Å². The van der Waals surface area contributed by atoms with E-state index in [-0.39, 0.29) is 0 Å². The van der Waals surface area contributed by atoms with Crippen LogP contribution in [-0.2, 0) is 0 Å². The zero-order valence-electron chi connectivity index (χ0n) is 10.5. The standard InChI is InChI=1S/C14H21ClN2/c1-17(10-11-6-3-2-4-7-11)13-9-5-8-12(15)14(13)16/h5,8-9,11H,2-4,6-7,10,16H2,1H3. The lowest BCUT2D eigenvalue weighted by atomic mass is 9.89. The van der Waals surface area contributed by atoms with Gasteiger partial charge in [-0.1, -0.05) is 36.9 Å². The highest BCUT2D eigenvalue weighted by Crippen LogP contribution is 2.31. The number of nitrogens with two attached hydrogens (primary N) is 1. The van der Waals surface area contributed by atoms with Gasteiger partial charge in [-0.2, -0.15) is 0 Å². The van der Waals surface area contributed by atoms with E-state index in [4.69, 9.17) is 17.3 Å². The summed E-state index contributed by atoms with van der Waals surface area (Å²) in [7, 11) is 2.11. The maximum absolute atomic E-state index is 6.05. The molecule has 1 aliphatic rings. The molecule has 0 unspecified atom stereocenters. The molecular weight excluding hydrogens is 232 g/mol. The number of hydrogen-bond donors (Lipinski definition) is 1. The van der Waals surface area contributed by atoms with E-state index in [0.29, 0.717) is 10.7 Å². The zero-order chi connectivity index (χ0) is 12.3. The van der Waals surface area contributed by atoms with Crippen molar-refractivity contribution in [1.29, 1.82) is 0 Å². The van der Waals surface area contributed by atoms with Crippen LogP contribution in [0.25, 0.3) is 0 Å². The van der Waals surface area contributed by atoms with Crippen LogP contribution in [0.15, 0.2) is 18.2 Å². The van der Waals surface area contributed by atoms with E-state index >= 15 is 0 Å². The molecule has 3 heteroatoms. The molecule has 0 amide bonds. The molecule has 0 aromatic heterocycles. The van der Waals surface area contributed by atoms with Gasteiger partial charge < -0.3 is 10.6 Å². The van der Waals surface area contributed by atoms with E-state index in [1.54, 1.807) is 0 Å². The monoisotopic (exact) mass is 252 g/mol. The van der Waals surface area contributed by atoms with Crippen LogP contribution in [-0.4, -0.2) is 13.6 Å². The molecule has 2 nitrogen and oxygen atoms in total. The summed E-state index contributed by atoms with van der Waals surface area (Å²) in [5.74, 6) is 0.812. The molecule has 1 fully saturated rings. The van der Waals surface area contributed by atoms with Gasteiger partial charge in [-0.3, -0.25) is 0 Å². The SMILES string of the molecule is CN(CC1CCCCC1)c1cccc(Cl)c1N. The Labute approximate surface area is 109 Å². The predicted molar refractivity (Wildman–Crippen MR) is 75.7 cm³/mol. The van der Waals surface area contributed by atoms with Crippen molar-refractivity contribution < 1.29 is 0 Å². The van der Waals surface area contributed by atoms with Crippen molar-refractivity contribution in [2.45, 2.75) is 32.1 Å². The number of benzene rings is 1. The maximum atomic E-state index is 6.05. The fourth-order valence-corrected chi connectivity index (χ4v) is 2.88. The zero-order valence-corrected chi connectivity index (χ0v) is 11.2. The fourth-order valence-electron chi connectivity index (χ4n) is 2.71. The molecule has 2 rings (SSSR count). The predicted octanol–water partition coefficient (Wildman–Crippen LogP) is 3.94. The first-order chi connectivity index (χ1) is 8.18. The first kappa shape index (κ1) is 12.6. The van der Waals surface area contributed by atoms with Gasteiger partial charge >= 0.3 is 0 Å². The van der Waals surface area contributed by atoms with Crippen LogP contribution < -0.4 is 10.6 Å². The number of rotatable bonds is 3. The molecule has 1 aliphatic carbocycles. The Morgan fingerprint density at radius 3 is 2.71 bits per heavy atom. The van der Waals surface area contributed by atoms with E-state index in [0.717, 1.165) is 18.2 Å². The largest absolute Gasteiger partial charge is 0.396 e. The van der Waals surface area contributed by atoms with Crippen LogP contribution in [0.4, 0.5) is 11.4 Å². The highest BCUT2D eigenvalue weighted by molar-refractivity contribution is 6.33. The number of anilines is 2. The van der Waals surface area contributed by atoms with Crippen molar-refractivity contribution in [2.75, 3.05) is 24.2 Å². The molecule has 0 heterocycles. The summed E-state index contributed by atoms with van der Waals surface area (Å²) in [6.07, 6.45) is 6.86. The summed E-state index contributed by atoms with van der Waals surface area (Å²) >= 11 is 6.05. The smallest absolute Gasteiger partial charge is 0.0741 e. The van der Waals surface area contributed by atoms with Crippen molar-refractivity contribution in [3.63, 3.8) is 0 Å². The van der Waals surface area contributed by atoms with Crippen LogP contribution in [0.3, 0.4) is 0 Å². The lowest BCUT2D eigenvalue weighted by Gasteiger charge is -2.29. The fraction of sp³-hybridized carbons (Fsp3) is 0.571. The van der Waals surface area contributed by atoms with Crippen molar-refractivity contribution >= 4 is 23.0 Å². The Bertz CT molecular complexity index is 372. The summed E-state index contributed by atoms with van der Waals surface area (Å²) in [5, 5.41) is 0.651. The second-order valence-electron chi connectivity index (χ2n) is 5.06. The highest BCUT2D eigenvalue weighted by Gasteiger charge is 2.17. The second-order valence-corrected chi connectivity index (χ2v) is 5.46. The van der Waals surface area contributed by atoms with E-state index in [9.17, 15) is 0 Å². The first-order valence-corrected chi connectivity index (χ1v) is 6.81. The number of nitrogen functional groups attached to an aromatic ring is 1. The minimum absolute atomic E-state index is 0.651. The molecule has 0 radical (unpaired) electrons. The third-order valence-corrected chi connectivity index (χ3v) is 4.03. The summed E-state index contributed by atoms with van der Waals surface area (Å²) < 4.78 is 0. The van der Waals surface area contributed by atoms with Crippen molar-refractivity contribution in [1.82, 2.24) is 0 Å². The Morgan fingerprint density at radius 1 is 1.29 bits per heavy atom. The van der Waals surface area contributed by atoms with Gasteiger partial charge in [0.15, 0.2) is 0 Å². The van der Waals surface area contributed by atoms with Gasteiger partial charge in [0.1, 0.15) is 0 Å². The molecule has 17 heavy (non-hydrogen) atoms. The van der Waals surface area contributed by atoms with E-state index in [1.165, 1.54) is 32.1 Å². The topological polar surface area (TPSA) is 29.3 Å². The maximum Gasteiger partial charge on any atom is 0.0741 e. The Hall–Kier alpha value is -0.890. The van der Waals surface area contributed by atoms with E-state index < -0.39 is 0 Å². The second kappa shape index (κ2) is 5.63. The number of halogens is 1. The van der Waals surface area contributed by atoms with Gasteiger partial charge in [-0.05, 0) is 30.9 Å². The minimum atomic E-state index is 0.651. The first-order valence-electron chi connectivity index (χ1n) is 6.43. The molecule has 94 valence electrons. The van der Waals surface area contributed by atoms with E-state index in [2.05, 4.69) is 11.9 Å². The van der Waals surface area contributed by atoms with Gasteiger partial charge in [0, 0.05) is 13.6 Å². The molecule has 1 aromatic rings. The van der Waals surface area contributed by atoms with Crippen molar-refractivity contribution in [2.24, 2.45) is 5.92 Å². The molecular formula is C14H21ClN2. The van der Waals surface area contributed by atoms with Gasteiger partial charge in [-0.25, -0.2) is 0 Å². The van der Waals surface area contributed by atoms with Crippen LogP contribution in [0.1, 0.15) is 32.1 Å². The number of para-hydroxylation sites is 1. The van der Waals surface area contributed by atoms with Gasteiger partial charge in [0.25, 0.3) is 0 Å². The highest BCUT2D eigenvalue weighted by atomic mass is 35.5. The Morgan fingerprint density at radius 2 is 2.00 bits per heavy atom. The van der Waals surface area contributed by atoms with Gasteiger partial charge in [0.05, 0.1) is 16.4 Å². The number of nitrogens with zero attached hydrogens (tertiary/aromatic N) is 1. The van der Waals surface area contributed by atoms with Crippen molar-refractivity contribution in [3.05, 3.63) is 23.2 Å². The molecule has 1 aromatic carbocycles. The summed E-state index contributed by atoms with van der Waals surface area (Å²) in [5.41, 5.74) is 7.77. The molecule has 0 bridgehead atoms. The van der Waals surface area contributed by atoms with Crippen LogP contribution in [0.5, 0.6) is 0 Å². The van der Waals surface area contributed by atoms with Crippen LogP contribution >= 0.6 is 11.6 Å². The summed E-state index contributed by atoms with van der Waals surface area (Å²) in [6, 6.07) is 5.85. The molecule has 1 saturated carbocycles. The average Bonchev–Trinajstić information content (AvgIpc) is 2.34. The summed E-state index contributed by atoms with van der Waals surface area (Å²) in [6.45, 7) is 1.09. The lowest BCUT2D eigenvalue weighted by Crippen LogP contribution is -2.27. The normalized spacial score (nSPS) is 17.1. The van der Waals surface area contributed by atoms with Crippen LogP contribution in [0, 0.1) is 5.92 Å². The molecule has 0 atom stereocenters. The number of hydrogen-bond acceptors (Lipinski definition) is 2. The summed E-state index contributed by atoms with van der Waals surface area (Å²) in [4.78, 5) is 2.25. The lowest BCUT2D eigenvalue weighted by molar-refractivity contribution is 0.362. The third kappa shape index (κ3) is 3.06. The molecule has 2 N–H and O–H groups in total. The minimum Gasteiger partial charge on any atom is -0.396 e. The molecule has 0 spiro atoms. The molecule has 0 aliphatic heterocycles. The Kier molecular flexibility index (Phi) is 4.16.